The van der Waals surface area contributed by atoms with E-state index < -0.39 is 10.9 Å². The number of benzene rings is 2. The normalized spacial score (nSPS) is 10.9. The maximum atomic E-state index is 12.5. The minimum atomic E-state index is -0.782. The number of aromatic nitrogens is 2. The van der Waals surface area contributed by atoms with E-state index in [0.29, 0.717) is 17.4 Å². The van der Waals surface area contributed by atoms with Crippen LogP contribution in [0.1, 0.15) is 23.7 Å². The highest BCUT2D eigenvalue weighted by Crippen LogP contribution is 2.31. The highest BCUT2D eigenvalue weighted by atomic mass is 35.5. The Labute approximate surface area is 158 Å². The van der Waals surface area contributed by atoms with Gasteiger partial charge in [0.05, 0.1) is 31.4 Å². The summed E-state index contributed by atoms with van der Waals surface area (Å²) in [5, 5.41) is 16.0. The Hall–Kier alpha value is -2.64. The number of fused-ring (bicyclic) bond motifs is 1. The predicted molar refractivity (Wildman–Crippen MR) is 98.1 cm³/mol. The van der Waals surface area contributed by atoms with Crippen molar-refractivity contribution in [2.24, 2.45) is 0 Å². The second-order valence-corrected chi connectivity index (χ2v) is 6.29. The first kappa shape index (κ1) is 18.2. The molecule has 0 bridgehead atoms. The molecule has 0 N–H and O–H groups in total. The molecule has 9 heteroatoms. The number of nitro groups is 1. The fraction of sp³-hybridized carbons (Fsp3) is 0.176. The smallest absolute Gasteiger partial charge is 0.347 e. The zero-order valence-corrected chi connectivity index (χ0v) is 15.1. The Balaban J connectivity index is 2.07. The average Bonchev–Trinajstić information content (AvgIpc) is 2.92. The number of halogens is 2. The number of nitro benzene ring substituents is 1. The van der Waals surface area contributed by atoms with Crippen LogP contribution in [0.5, 0.6) is 5.88 Å². The van der Waals surface area contributed by atoms with Crippen LogP contribution in [0.3, 0.4) is 0 Å². The minimum absolute atomic E-state index is 0.0134. The molecule has 0 unspecified atom stereocenters. The molecule has 26 heavy (non-hydrogen) atoms. The van der Waals surface area contributed by atoms with Crippen LogP contribution >= 0.6 is 23.2 Å². The second-order valence-electron chi connectivity index (χ2n) is 5.47. The molecule has 0 saturated heterocycles. The maximum Gasteiger partial charge on any atom is 0.347 e. The molecule has 134 valence electrons. The van der Waals surface area contributed by atoms with Crippen LogP contribution in [-0.2, 0) is 6.54 Å². The van der Waals surface area contributed by atoms with Gasteiger partial charge in [0, 0.05) is 18.7 Å². The van der Waals surface area contributed by atoms with Crippen LogP contribution in [0.15, 0.2) is 36.4 Å². The number of esters is 1. The fourth-order valence-electron chi connectivity index (χ4n) is 2.54. The van der Waals surface area contributed by atoms with Gasteiger partial charge in [-0.25, -0.2) is 4.79 Å². The van der Waals surface area contributed by atoms with Crippen molar-refractivity contribution in [3.05, 3.63) is 62.1 Å². The zero-order chi connectivity index (χ0) is 18.8. The SMILES string of the molecule is CCCn1nc(OC(=O)c2c(Cl)cccc2Cl)c2cc([N+](=O)[O-])ccc21. The molecule has 7 nitrogen and oxygen atoms in total. The quantitative estimate of drug-likeness (QED) is 0.350. The molecule has 0 atom stereocenters. The third-order valence-electron chi connectivity index (χ3n) is 3.70. The summed E-state index contributed by atoms with van der Waals surface area (Å²) in [6, 6.07) is 8.93. The van der Waals surface area contributed by atoms with Crippen LogP contribution in [-0.4, -0.2) is 20.7 Å². The summed E-state index contributed by atoms with van der Waals surface area (Å²) >= 11 is 12.1. The number of ether oxygens (including phenoxy) is 1. The van der Waals surface area contributed by atoms with Crippen molar-refractivity contribution in [3.63, 3.8) is 0 Å². The van der Waals surface area contributed by atoms with Gasteiger partial charge >= 0.3 is 5.97 Å². The van der Waals surface area contributed by atoms with Crippen molar-refractivity contribution in [1.82, 2.24) is 9.78 Å². The molecule has 3 aromatic rings. The molecule has 1 aromatic heterocycles. The van der Waals surface area contributed by atoms with Crippen LogP contribution in [0.4, 0.5) is 5.69 Å². The van der Waals surface area contributed by atoms with Gasteiger partial charge in [0.1, 0.15) is 0 Å². The molecule has 0 aliphatic heterocycles. The van der Waals surface area contributed by atoms with Gasteiger partial charge in [-0.3, -0.25) is 14.8 Å². The summed E-state index contributed by atoms with van der Waals surface area (Å²) in [5.41, 5.74) is 0.520. The molecular weight excluding hydrogens is 381 g/mol. The van der Waals surface area contributed by atoms with Gasteiger partial charge in [0.2, 0.25) is 5.88 Å². The molecule has 2 aromatic carbocycles. The Morgan fingerprint density at radius 3 is 2.58 bits per heavy atom. The molecule has 0 amide bonds. The number of carbonyl (C=O) groups excluding carboxylic acids is 1. The number of non-ortho nitro benzene ring substituents is 1. The first-order valence-corrected chi connectivity index (χ1v) is 8.49. The van der Waals surface area contributed by atoms with E-state index in [0.717, 1.165) is 6.42 Å². The Morgan fingerprint density at radius 1 is 1.27 bits per heavy atom. The highest BCUT2D eigenvalue weighted by molar-refractivity contribution is 6.39. The van der Waals surface area contributed by atoms with Crippen molar-refractivity contribution >= 4 is 45.8 Å². The summed E-state index contributed by atoms with van der Waals surface area (Å²) in [4.78, 5) is 23.0. The standard InChI is InChI=1S/C17H13Cl2N3O4/c1-2-8-21-14-7-6-10(22(24)25)9-11(14)16(20-21)26-17(23)15-12(18)4-3-5-13(15)19/h3-7,9H,2,8H2,1H3. The van der Waals surface area contributed by atoms with Crippen molar-refractivity contribution in [3.8, 4) is 5.88 Å². The number of nitrogens with zero attached hydrogens (tertiary/aromatic N) is 3. The molecule has 3 rings (SSSR count). The summed E-state index contributed by atoms with van der Waals surface area (Å²) in [6.45, 7) is 2.53. The average molecular weight is 394 g/mol. The highest BCUT2D eigenvalue weighted by Gasteiger charge is 2.22. The Bertz CT molecular complexity index is 996. The van der Waals surface area contributed by atoms with Crippen LogP contribution < -0.4 is 4.74 Å². The van der Waals surface area contributed by atoms with E-state index >= 15 is 0 Å². The van der Waals surface area contributed by atoms with Gasteiger partial charge in [-0.05, 0) is 24.6 Å². The molecule has 0 aliphatic carbocycles. The van der Waals surface area contributed by atoms with Crippen molar-refractivity contribution in [2.45, 2.75) is 19.9 Å². The molecule has 0 fully saturated rings. The summed E-state index contributed by atoms with van der Waals surface area (Å²) in [6.07, 6.45) is 0.789. The summed E-state index contributed by atoms with van der Waals surface area (Å²) in [7, 11) is 0. The molecule has 0 radical (unpaired) electrons. The topological polar surface area (TPSA) is 87.3 Å². The largest absolute Gasteiger partial charge is 0.401 e. The molecular formula is C17H13Cl2N3O4. The van der Waals surface area contributed by atoms with Crippen LogP contribution in [0, 0.1) is 10.1 Å². The van der Waals surface area contributed by atoms with E-state index in [4.69, 9.17) is 27.9 Å². The van der Waals surface area contributed by atoms with Crippen molar-refractivity contribution in [1.29, 1.82) is 0 Å². The van der Waals surface area contributed by atoms with E-state index in [9.17, 15) is 14.9 Å². The lowest BCUT2D eigenvalue weighted by atomic mass is 10.2. The lowest BCUT2D eigenvalue weighted by Crippen LogP contribution is -2.11. The number of aryl methyl sites for hydroxylation is 1. The van der Waals surface area contributed by atoms with Crippen molar-refractivity contribution < 1.29 is 14.5 Å². The van der Waals surface area contributed by atoms with E-state index in [1.807, 2.05) is 6.92 Å². The van der Waals surface area contributed by atoms with Crippen LogP contribution in [0.2, 0.25) is 10.0 Å². The van der Waals surface area contributed by atoms with E-state index in [1.54, 1.807) is 16.8 Å². The third kappa shape index (κ3) is 3.36. The molecule has 0 spiro atoms. The molecule has 0 saturated carbocycles. The fourth-order valence-corrected chi connectivity index (χ4v) is 3.09. The van der Waals surface area contributed by atoms with Gasteiger partial charge in [0.15, 0.2) is 0 Å². The van der Waals surface area contributed by atoms with E-state index in [1.165, 1.54) is 24.3 Å². The Morgan fingerprint density at radius 2 is 1.96 bits per heavy atom. The lowest BCUT2D eigenvalue weighted by molar-refractivity contribution is -0.384. The van der Waals surface area contributed by atoms with Gasteiger partial charge < -0.3 is 4.74 Å². The zero-order valence-electron chi connectivity index (χ0n) is 13.6. The van der Waals surface area contributed by atoms with Crippen molar-refractivity contribution in [2.75, 3.05) is 0 Å². The number of hydrogen-bond acceptors (Lipinski definition) is 5. The lowest BCUT2D eigenvalue weighted by Gasteiger charge is -2.05. The number of rotatable bonds is 5. The van der Waals surface area contributed by atoms with Gasteiger partial charge in [-0.1, -0.05) is 36.2 Å². The van der Waals surface area contributed by atoms with Gasteiger partial charge in [-0.2, -0.15) is 0 Å². The number of hydrogen-bond donors (Lipinski definition) is 0. The van der Waals surface area contributed by atoms with Gasteiger partial charge in [-0.15, -0.1) is 5.10 Å². The predicted octanol–water partition coefficient (Wildman–Crippen LogP) is 4.88. The maximum absolute atomic E-state index is 12.5. The summed E-state index contributed by atoms with van der Waals surface area (Å²) in [5.74, 6) is -0.812. The van der Waals surface area contributed by atoms with Crippen LogP contribution in [0.25, 0.3) is 10.9 Å². The first-order valence-electron chi connectivity index (χ1n) is 7.73. The van der Waals surface area contributed by atoms with E-state index in [2.05, 4.69) is 5.10 Å². The Kier molecular flexibility index (Phi) is 5.11. The minimum Gasteiger partial charge on any atom is -0.401 e. The molecule has 0 aliphatic rings. The second kappa shape index (κ2) is 7.31. The van der Waals surface area contributed by atoms with E-state index in [-0.39, 0.29) is 27.2 Å². The first-order chi connectivity index (χ1) is 12.4. The molecule has 1 heterocycles. The monoisotopic (exact) mass is 393 g/mol. The number of carbonyl (C=O) groups is 1. The third-order valence-corrected chi connectivity index (χ3v) is 4.33. The summed E-state index contributed by atoms with van der Waals surface area (Å²) < 4.78 is 7.01. The van der Waals surface area contributed by atoms with Gasteiger partial charge in [0.25, 0.3) is 5.69 Å².